The molecule has 30 heavy (non-hydrogen) atoms. The van der Waals surface area contributed by atoms with E-state index in [1.54, 1.807) is 0 Å². The van der Waals surface area contributed by atoms with Crippen LogP contribution in [0.5, 0.6) is 0 Å². The molecule has 7 nitrogen and oxygen atoms in total. The molecule has 1 fully saturated rings. The zero-order valence-electron chi connectivity index (χ0n) is 18.2. The van der Waals surface area contributed by atoms with Crippen LogP contribution in [0, 0.1) is 5.92 Å². The van der Waals surface area contributed by atoms with Crippen molar-refractivity contribution in [1.82, 2.24) is 9.80 Å². The van der Waals surface area contributed by atoms with Gasteiger partial charge in [0.05, 0.1) is 0 Å². The SMILES string of the molecule is CC(C)CC(=O)N1CCN(C(=O)CCCCCN=C(N)Nc2ccccc2)CC1.I. The Labute approximate surface area is 197 Å². The number of carbonyl (C=O) groups is 2. The van der Waals surface area contributed by atoms with Crippen molar-refractivity contribution in [2.24, 2.45) is 16.6 Å². The summed E-state index contributed by atoms with van der Waals surface area (Å²) < 4.78 is 0. The Hall–Kier alpha value is -1.84. The number of nitrogens with zero attached hydrogens (tertiary/aromatic N) is 3. The number of anilines is 1. The maximum atomic E-state index is 12.4. The summed E-state index contributed by atoms with van der Waals surface area (Å²) in [7, 11) is 0. The van der Waals surface area contributed by atoms with Gasteiger partial charge in [0, 0.05) is 51.3 Å². The van der Waals surface area contributed by atoms with E-state index in [2.05, 4.69) is 24.2 Å². The minimum atomic E-state index is 0. The first-order valence-electron chi connectivity index (χ1n) is 10.6. The molecule has 1 saturated heterocycles. The molecule has 1 aliphatic heterocycles. The Kier molecular flexibility index (Phi) is 12.4. The van der Waals surface area contributed by atoms with Gasteiger partial charge in [-0.25, -0.2) is 0 Å². The van der Waals surface area contributed by atoms with Crippen LogP contribution in [0.2, 0.25) is 0 Å². The van der Waals surface area contributed by atoms with Crippen molar-refractivity contribution in [1.29, 1.82) is 0 Å². The maximum absolute atomic E-state index is 12.4. The quantitative estimate of drug-likeness (QED) is 0.222. The molecule has 0 saturated carbocycles. The van der Waals surface area contributed by atoms with Crippen LogP contribution in [0.1, 0.15) is 46.0 Å². The average molecular weight is 529 g/mol. The molecular weight excluding hydrogens is 493 g/mol. The van der Waals surface area contributed by atoms with Crippen molar-refractivity contribution in [3.05, 3.63) is 30.3 Å². The molecular formula is C22H36IN5O2. The molecule has 1 aromatic rings. The molecule has 8 heteroatoms. The van der Waals surface area contributed by atoms with Gasteiger partial charge < -0.3 is 20.9 Å². The van der Waals surface area contributed by atoms with Gasteiger partial charge >= 0.3 is 0 Å². The smallest absolute Gasteiger partial charge is 0.222 e. The summed E-state index contributed by atoms with van der Waals surface area (Å²) in [4.78, 5) is 32.6. The van der Waals surface area contributed by atoms with Gasteiger partial charge in [-0.15, -0.1) is 24.0 Å². The molecule has 0 aromatic heterocycles. The van der Waals surface area contributed by atoms with Crippen molar-refractivity contribution in [3.8, 4) is 0 Å². The molecule has 0 unspecified atom stereocenters. The van der Waals surface area contributed by atoms with Crippen molar-refractivity contribution < 1.29 is 9.59 Å². The van der Waals surface area contributed by atoms with Crippen LogP contribution in [0.15, 0.2) is 35.3 Å². The fraction of sp³-hybridized carbons (Fsp3) is 0.591. The van der Waals surface area contributed by atoms with Crippen molar-refractivity contribution in [3.63, 3.8) is 0 Å². The molecule has 0 aliphatic carbocycles. The standard InChI is InChI=1S/C22H35N5O2.HI/c1-18(2)17-21(29)27-15-13-26(14-16-27)20(28)11-7-4-8-12-24-22(23)25-19-9-5-3-6-10-19;/h3,5-6,9-10,18H,4,7-8,11-17H2,1-2H3,(H3,23,24,25);1H. The number of carbonyl (C=O) groups excluding carboxylic acids is 2. The van der Waals surface area contributed by atoms with Crippen LogP contribution in [0.3, 0.4) is 0 Å². The van der Waals surface area contributed by atoms with Gasteiger partial charge in [-0.2, -0.15) is 0 Å². The van der Waals surface area contributed by atoms with Gasteiger partial charge in [0.15, 0.2) is 5.96 Å². The molecule has 2 amide bonds. The Morgan fingerprint density at radius 2 is 1.60 bits per heavy atom. The number of nitrogens with one attached hydrogen (secondary N) is 1. The number of piperazine rings is 1. The minimum Gasteiger partial charge on any atom is -0.370 e. The highest BCUT2D eigenvalue weighted by Crippen LogP contribution is 2.11. The predicted octanol–water partition coefficient (Wildman–Crippen LogP) is 3.31. The molecule has 3 N–H and O–H groups in total. The normalized spacial score (nSPS) is 14.4. The van der Waals surface area contributed by atoms with Gasteiger partial charge in [-0.3, -0.25) is 14.6 Å². The molecule has 1 aromatic carbocycles. The number of unbranched alkanes of at least 4 members (excludes halogenated alkanes) is 2. The number of hydrogen-bond donors (Lipinski definition) is 2. The van der Waals surface area contributed by atoms with Gasteiger partial charge in [0.25, 0.3) is 0 Å². The second-order valence-corrected chi connectivity index (χ2v) is 7.93. The topological polar surface area (TPSA) is 91.0 Å². The molecule has 2 rings (SSSR count). The van der Waals surface area contributed by atoms with Crippen LogP contribution in [-0.4, -0.2) is 60.3 Å². The van der Waals surface area contributed by atoms with E-state index in [4.69, 9.17) is 5.73 Å². The molecule has 1 aliphatic rings. The lowest BCUT2D eigenvalue weighted by molar-refractivity contribution is -0.140. The summed E-state index contributed by atoms with van der Waals surface area (Å²) in [5.41, 5.74) is 6.80. The third-order valence-corrected chi connectivity index (χ3v) is 4.95. The summed E-state index contributed by atoms with van der Waals surface area (Å²) in [6.45, 7) is 7.35. The number of rotatable bonds is 9. The summed E-state index contributed by atoms with van der Waals surface area (Å²) in [6, 6.07) is 9.71. The van der Waals surface area contributed by atoms with E-state index in [-0.39, 0.29) is 35.8 Å². The number of hydrogen-bond acceptors (Lipinski definition) is 3. The van der Waals surface area contributed by atoms with Crippen LogP contribution in [0.4, 0.5) is 5.69 Å². The Morgan fingerprint density at radius 3 is 2.20 bits per heavy atom. The Bertz CT molecular complexity index is 673. The number of amides is 2. The Balaban J connectivity index is 0.00000450. The lowest BCUT2D eigenvalue weighted by atomic mass is 10.1. The monoisotopic (exact) mass is 529 g/mol. The summed E-state index contributed by atoms with van der Waals surface area (Å²) in [5, 5.41) is 3.05. The Morgan fingerprint density at radius 1 is 1.00 bits per heavy atom. The molecule has 168 valence electrons. The van der Waals surface area contributed by atoms with Crippen LogP contribution in [0.25, 0.3) is 0 Å². The van der Waals surface area contributed by atoms with E-state index < -0.39 is 0 Å². The highest BCUT2D eigenvalue weighted by molar-refractivity contribution is 14.0. The van der Waals surface area contributed by atoms with E-state index in [1.165, 1.54) is 0 Å². The van der Waals surface area contributed by atoms with E-state index in [1.807, 2.05) is 40.1 Å². The van der Waals surface area contributed by atoms with Crippen molar-refractivity contribution in [2.45, 2.75) is 46.0 Å². The fourth-order valence-electron chi connectivity index (χ4n) is 3.31. The van der Waals surface area contributed by atoms with E-state index in [0.29, 0.717) is 57.4 Å². The third-order valence-electron chi connectivity index (χ3n) is 4.95. The van der Waals surface area contributed by atoms with Gasteiger partial charge in [-0.1, -0.05) is 38.5 Å². The van der Waals surface area contributed by atoms with Gasteiger partial charge in [0.2, 0.25) is 11.8 Å². The summed E-state index contributed by atoms with van der Waals surface area (Å²) >= 11 is 0. The number of guanidine groups is 1. The molecule has 1 heterocycles. The first-order valence-corrected chi connectivity index (χ1v) is 10.6. The fourth-order valence-corrected chi connectivity index (χ4v) is 3.31. The average Bonchev–Trinajstić information content (AvgIpc) is 2.70. The van der Waals surface area contributed by atoms with Gasteiger partial charge in [0.1, 0.15) is 0 Å². The van der Waals surface area contributed by atoms with Crippen LogP contribution < -0.4 is 11.1 Å². The van der Waals surface area contributed by atoms with E-state index in [0.717, 1.165) is 24.9 Å². The number of halogens is 1. The lowest BCUT2D eigenvalue weighted by Gasteiger charge is -2.35. The number of aliphatic imine (C=N–C) groups is 1. The number of para-hydroxylation sites is 1. The minimum absolute atomic E-state index is 0. The second kappa shape index (κ2) is 14.2. The van der Waals surface area contributed by atoms with Crippen molar-refractivity contribution >= 4 is 47.4 Å². The molecule has 0 radical (unpaired) electrons. The summed E-state index contributed by atoms with van der Waals surface area (Å²) in [6.07, 6.45) is 3.85. The lowest BCUT2D eigenvalue weighted by Crippen LogP contribution is -2.50. The van der Waals surface area contributed by atoms with Gasteiger partial charge in [-0.05, 0) is 30.9 Å². The predicted molar refractivity (Wildman–Crippen MR) is 133 cm³/mol. The largest absolute Gasteiger partial charge is 0.370 e. The first kappa shape index (κ1) is 26.2. The molecule has 0 atom stereocenters. The van der Waals surface area contributed by atoms with E-state index >= 15 is 0 Å². The van der Waals surface area contributed by atoms with Crippen LogP contribution in [-0.2, 0) is 9.59 Å². The second-order valence-electron chi connectivity index (χ2n) is 7.93. The third kappa shape index (κ3) is 9.77. The first-order chi connectivity index (χ1) is 14.0. The van der Waals surface area contributed by atoms with Crippen LogP contribution >= 0.6 is 24.0 Å². The molecule has 0 spiro atoms. The number of benzene rings is 1. The number of nitrogens with two attached hydrogens (primary N) is 1. The zero-order chi connectivity index (χ0) is 21.1. The summed E-state index contributed by atoms with van der Waals surface area (Å²) in [5.74, 6) is 1.18. The maximum Gasteiger partial charge on any atom is 0.222 e. The highest BCUT2D eigenvalue weighted by atomic mass is 127. The zero-order valence-corrected chi connectivity index (χ0v) is 20.5. The van der Waals surface area contributed by atoms with Crippen molar-refractivity contribution in [2.75, 3.05) is 38.0 Å². The highest BCUT2D eigenvalue weighted by Gasteiger charge is 2.23. The molecule has 0 bridgehead atoms. The van der Waals surface area contributed by atoms with E-state index in [9.17, 15) is 9.59 Å².